The number of hydrogen-bond donors (Lipinski definition) is 0. The molecule has 0 aromatic carbocycles. The van der Waals surface area contributed by atoms with Gasteiger partial charge in [-0.25, -0.2) is 4.98 Å². The van der Waals surface area contributed by atoms with Crippen molar-refractivity contribution in [3.8, 4) is 0 Å². The summed E-state index contributed by atoms with van der Waals surface area (Å²) < 4.78 is 0. The molecular weight excluding hydrogens is 326 g/mol. The van der Waals surface area contributed by atoms with Crippen LogP contribution in [0.25, 0.3) is 0 Å². The van der Waals surface area contributed by atoms with Crippen LogP contribution in [0.15, 0.2) is 6.07 Å². The van der Waals surface area contributed by atoms with Crippen molar-refractivity contribution in [2.45, 2.75) is 51.9 Å². The molecule has 1 saturated carbocycles. The van der Waals surface area contributed by atoms with Crippen LogP contribution in [-0.2, 0) is 4.79 Å². The molecule has 6 heteroatoms. The molecule has 2 heterocycles. The third kappa shape index (κ3) is 4.86. The van der Waals surface area contributed by atoms with Gasteiger partial charge >= 0.3 is 0 Å². The Morgan fingerprint density at radius 3 is 2.46 bits per heavy atom. The van der Waals surface area contributed by atoms with Crippen molar-refractivity contribution in [2.75, 3.05) is 50.1 Å². The highest BCUT2D eigenvalue weighted by molar-refractivity contribution is 5.76. The molecule has 0 unspecified atom stereocenters. The summed E-state index contributed by atoms with van der Waals surface area (Å²) in [5.41, 5.74) is 0.977. The van der Waals surface area contributed by atoms with Gasteiger partial charge in [-0.3, -0.25) is 4.79 Å². The molecule has 1 aliphatic carbocycles. The molecule has 0 spiro atoms. The Labute approximate surface area is 157 Å². The van der Waals surface area contributed by atoms with E-state index in [1.165, 1.54) is 32.1 Å². The van der Waals surface area contributed by atoms with Gasteiger partial charge in [-0.2, -0.15) is 4.98 Å². The van der Waals surface area contributed by atoms with Gasteiger partial charge in [-0.05, 0) is 19.3 Å². The first-order valence-electron chi connectivity index (χ1n) is 10.1. The van der Waals surface area contributed by atoms with Crippen LogP contribution in [0.1, 0.15) is 50.6 Å². The fourth-order valence-corrected chi connectivity index (χ4v) is 4.02. The number of carbonyl (C=O) groups is 1. The molecule has 1 aromatic rings. The van der Waals surface area contributed by atoms with E-state index in [-0.39, 0.29) is 0 Å². The van der Waals surface area contributed by atoms with Crippen molar-refractivity contribution in [1.82, 2.24) is 14.9 Å². The Bertz CT molecular complexity index is 604. The van der Waals surface area contributed by atoms with Crippen molar-refractivity contribution in [2.24, 2.45) is 5.92 Å². The minimum absolute atomic E-state index is 0.328. The third-order valence-electron chi connectivity index (χ3n) is 5.69. The molecule has 26 heavy (non-hydrogen) atoms. The molecule has 1 aliphatic heterocycles. The molecule has 0 bridgehead atoms. The summed E-state index contributed by atoms with van der Waals surface area (Å²) in [6.07, 6.45) is 8.51. The summed E-state index contributed by atoms with van der Waals surface area (Å²) in [7, 11) is 3.99. The number of rotatable bonds is 5. The van der Waals surface area contributed by atoms with Crippen molar-refractivity contribution in [3.05, 3.63) is 11.8 Å². The van der Waals surface area contributed by atoms with Gasteiger partial charge in [0.1, 0.15) is 5.82 Å². The number of carbonyl (C=O) groups excluding carboxylic acids is 1. The van der Waals surface area contributed by atoms with E-state index in [0.717, 1.165) is 62.4 Å². The standard InChI is InChI=1S/C20H33N5O/c1-16-15-18(23(2)3)22-20(21-16)25-13-11-24(12-14-25)19(26)10-9-17-7-5-4-6-8-17/h15,17H,4-14H2,1-3H3. The Hall–Kier alpha value is -1.85. The highest BCUT2D eigenvalue weighted by Crippen LogP contribution is 2.27. The zero-order valence-corrected chi connectivity index (χ0v) is 16.6. The van der Waals surface area contributed by atoms with E-state index in [4.69, 9.17) is 0 Å². The zero-order valence-electron chi connectivity index (χ0n) is 16.6. The molecule has 0 atom stereocenters. The second-order valence-corrected chi connectivity index (χ2v) is 7.97. The Morgan fingerprint density at radius 2 is 1.81 bits per heavy atom. The van der Waals surface area contributed by atoms with Crippen LogP contribution < -0.4 is 9.80 Å². The topological polar surface area (TPSA) is 52.6 Å². The second-order valence-electron chi connectivity index (χ2n) is 7.97. The Morgan fingerprint density at radius 1 is 1.12 bits per heavy atom. The van der Waals surface area contributed by atoms with Crippen LogP contribution in [0.2, 0.25) is 0 Å². The fraction of sp³-hybridized carbons (Fsp3) is 0.750. The quantitative estimate of drug-likeness (QED) is 0.809. The molecule has 3 rings (SSSR count). The lowest BCUT2D eigenvalue weighted by atomic mass is 9.86. The number of piperazine rings is 1. The van der Waals surface area contributed by atoms with Crippen LogP contribution in [-0.4, -0.2) is 61.0 Å². The molecule has 2 fully saturated rings. The molecule has 0 N–H and O–H groups in total. The van der Waals surface area contributed by atoms with Crippen LogP contribution in [0, 0.1) is 12.8 Å². The summed E-state index contributed by atoms with van der Waals surface area (Å²) in [4.78, 5) is 28.0. The molecule has 144 valence electrons. The van der Waals surface area contributed by atoms with Crippen LogP contribution in [0.4, 0.5) is 11.8 Å². The molecule has 6 nitrogen and oxygen atoms in total. The van der Waals surface area contributed by atoms with Gasteiger partial charge in [0.05, 0.1) is 0 Å². The summed E-state index contributed by atoms with van der Waals surface area (Å²) in [6.45, 7) is 5.18. The fourth-order valence-electron chi connectivity index (χ4n) is 4.02. The Kier molecular flexibility index (Phi) is 6.33. The molecule has 1 amide bonds. The van der Waals surface area contributed by atoms with Crippen LogP contribution >= 0.6 is 0 Å². The van der Waals surface area contributed by atoms with Crippen molar-refractivity contribution >= 4 is 17.7 Å². The largest absolute Gasteiger partial charge is 0.363 e. The number of aryl methyl sites for hydroxylation is 1. The lowest BCUT2D eigenvalue weighted by Gasteiger charge is -2.35. The maximum absolute atomic E-state index is 12.6. The van der Waals surface area contributed by atoms with Crippen LogP contribution in [0.5, 0.6) is 0 Å². The van der Waals surface area contributed by atoms with E-state index in [9.17, 15) is 4.79 Å². The van der Waals surface area contributed by atoms with Crippen molar-refractivity contribution in [3.63, 3.8) is 0 Å². The third-order valence-corrected chi connectivity index (χ3v) is 5.69. The first-order valence-corrected chi connectivity index (χ1v) is 10.1. The number of aromatic nitrogens is 2. The summed E-state index contributed by atoms with van der Waals surface area (Å²) in [5.74, 6) is 2.81. The van der Waals surface area contributed by atoms with Crippen LogP contribution in [0.3, 0.4) is 0 Å². The number of hydrogen-bond acceptors (Lipinski definition) is 5. The number of nitrogens with zero attached hydrogens (tertiary/aromatic N) is 5. The first-order chi connectivity index (χ1) is 12.5. The predicted molar refractivity (Wildman–Crippen MR) is 106 cm³/mol. The predicted octanol–water partition coefficient (Wildman–Crippen LogP) is 2.86. The number of anilines is 2. The van der Waals surface area contributed by atoms with Gasteiger partial charge < -0.3 is 14.7 Å². The molecule has 0 radical (unpaired) electrons. The minimum atomic E-state index is 0.328. The SMILES string of the molecule is Cc1cc(N(C)C)nc(N2CCN(C(=O)CCC3CCCCC3)CC2)n1. The highest BCUT2D eigenvalue weighted by atomic mass is 16.2. The maximum atomic E-state index is 12.6. The van der Waals surface area contributed by atoms with E-state index < -0.39 is 0 Å². The van der Waals surface area contributed by atoms with Gasteiger partial charge in [0.25, 0.3) is 0 Å². The summed E-state index contributed by atoms with van der Waals surface area (Å²) in [6, 6.07) is 1.99. The van der Waals surface area contributed by atoms with Gasteiger partial charge in [-0.15, -0.1) is 0 Å². The van der Waals surface area contributed by atoms with E-state index in [0.29, 0.717) is 5.91 Å². The molecular formula is C20H33N5O. The Balaban J connectivity index is 1.50. The van der Waals surface area contributed by atoms with E-state index >= 15 is 0 Å². The average Bonchev–Trinajstić information content (AvgIpc) is 2.66. The summed E-state index contributed by atoms with van der Waals surface area (Å²) in [5, 5.41) is 0. The average molecular weight is 360 g/mol. The maximum Gasteiger partial charge on any atom is 0.227 e. The molecule has 2 aliphatic rings. The van der Waals surface area contributed by atoms with Gasteiger partial charge in [0, 0.05) is 58.5 Å². The molecule has 1 aromatic heterocycles. The minimum Gasteiger partial charge on any atom is -0.363 e. The first kappa shape index (κ1) is 18.9. The van der Waals surface area contributed by atoms with E-state index in [1.807, 2.05) is 36.9 Å². The zero-order chi connectivity index (χ0) is 18.5. The van der Waals surface area contributed by atoms with Gasteiger partial charge in [-0.1, -0.05) is 32.1 Å². The normalized spacial score (nSPS) is 18.9. The lowest BCUT2D eigenvalue weighted by molar-refractivity contribution is -0.131. The van der Waals surface area contributed by atoms with Gasteiger partial charge in [0.2, 0.25) is 11.9 Å². The van der Waals surface area contributed by atoms with E-state index in [1.54, 1.807) is 0 Å². The lowest BCUT2D eigenvalue weighted by Crippen LogP contribution is -2.49. The highest BCUT2D eigenvalue weighted by Gasteiger charge is 2.24. The van der Waals surface area contributed by atoms with E-state index in [2.05, 4.69) is 14.9 Å². The second kappa shape index (κ2) is 8.69. The molecule has 1 saturated heterocycles. The van der Waals surface area contributed by atoms with Crippen molar-refractivity contribution in [1.29, 1.82) is 0 Å². The smallest absolute Gasteiger partial charge is 0.227 e. The van der Waals surface area contributed by atoms with Crippen molar-refractivity contribution < 1.29 is 4.79 Å². The summed E-state index contributed by atoms with van der Waals surface area (Å²) >= 11 is 0. The van der Waals surface area contributed by atoms with Gasteiger partial charge in [0.15, 0.2) is 0 Å². The number of amides is 1. The monoisotopic (exact) mass is 359 g/mol.